The number of alkyl halides is 3. The fourth-order valence-corrected chi connectivity index (χ4v) is 1.42. The largest absolute Gasteiger partial charge is 0.433 e. The van der Waals surface area contributed by atoms with Gasteiger partial charge in [0.25, 0.3) is 5.91 Å². The van der Waals surface area contributed by atoms with E-state index in [1.807, 2.05) is 6.92 Å². The standard InChI is InChI=1S/C11H9F3N4O/c1-6-2-4-7(5-3-6)15-16-8-9(11(12,13)14)17-18-10(8)19/h2-5,8H,1H3,(H,18,19). The summed E-state index contributed by atoms with van der Waals surface area (Å²) in [5.41, 5.74) is 1.81. The summed E-state index contributed by atoms with van der Waals surface area (Å²) >= 11 is 0. The first-order valence-corrected chi connectivity index (χ1v) is 5.30. The summed E-state index contributed by atoms with van der Waals surface area (Å²) in [6.45, 7) is 1.86. The minimum atomic E-state index is -4.71. The van der Waals surface area contributed by atoms with Gasteiger partial charge >= 0.3 is 6.18 Å². The first-order valence-electron chi connectivity index (χ1n) is 5.30. The Kier molecular flexibility index (Phi) is 3.32. The molecule has 8 heteroatoms. The zero-order valence-corrected chi connectivity index (χ0v) is 9.77. The van der Waals surface area contributed by atoms with Gasteiger partial charge in [-0.1, -0.05) is 17.7 Å². The average Bonchev–Trinajstić information content (AvgIpc) is 2.70. The van der Waals surface area contributed by atoms with Crippen molar-refractivity contribution in [3.63, 3.8) is 0 Å². The number of aryl methyl sites for hydroxylation is 1. The third-order valence-electron chi connectivity index (χ3n) is 2.41. The van der Waals surface area contributed by atoms with E-state index in [0.29, 0.717) is 5.69 Å². The van der Waals surface area contributed by atoms with Gasteiger partial charge in [0.2, 0.25) is 0 Å². The lowest BCUT2D eigenvalue weighted by atomic mass is 10.2. The van der Waals surface area contributed by atoms with E-state index in [1.54, 1.807) is 29.7 Å². The SMILES string of the molecule is Cc1ccc(N=NC2C(=O)NN=C2C(F)(F)F)cc1. The number of nitrogens with zero attached hydrogens (tertiary/aromatic N) is 3. The number of halogens is 3. The summed E-state index contributed by atoms with van der Waals surface area (Å²) in [4.78, 5) is 11.2. The van der Waals surface area contributed by atoms with E-state index >= 15 is 0 Å². The minimum absolute atomic E-state index is 0.367. The van der Waals surface area contributed by atoms with Gasteiger partial charge in [-0.05, 0) is 19.1 Å². The van der Waals surface area contributed by atoms with E-state index in [9.17, 15) is 18.0 Å². The van der Waals surface area contributed by atoms with Crippen molar-refractivity contribution in [2.24, 2.45) is 15.3 Å². The van der Waals surface area contributed by atoms with E-state index in [-0.39, 0.29) is 0 Å². The van der Waals surface area contributed by atoms with E-state index in [1.165, 1.54) is 0 Å². The molecule has 1 unspecified atom stereocenters. The second-order valence-electron chi connectivity index (χ2n) is 3.92. The molecule has 100 valence electrons. The summed E-state index contributed by atoms with van der Waals surface area (Å²) in [6.07, 6.45) is -4.71. The Labute approximate surface area is 106 Å². The predicted molar refractivity (Wildman–Crippen MR) is 61.1 cm³/mol. The molecule has 0 aromatic heterocycles. The van der Waals surface area contributed by atoms with Crippen LogP contribution in [0.5, 0.6) is 0 Å². The molecule has 0 radical (unpaired) electrons. The lowest BCUT2D eigenvalue weighted by Gasteiger charge is -2.07. The Bertz CT molecular complexity index is 548. The number of rotatable bonds is 2. The molecule has 1 aromatic carbocycles. The fraction of sp³-hybridized carbons (Fsp3) is 0.273. The normalized spacial score (nSPS) is 19.7. The van der Waals surface area contributed by atoms with Gasteiger partial charge in [-0.15, -0.1) is 0 Å². The second-order valence-corrected chi connectivity index (χ2v) is 3.92. The molecule has 5 nitrogen and oxygen atoms in total. The van der Waals surface area contributed by atoms with Crippen LogP contribution in [-0.2, 0) is 4.79 Å². The minimum Gasteiger partial charge on any atom is -0.270 e. The van der Waals surface area contributed by atoms with Gasteiger partial charge in [-0.3, -0.25) is 4.79 Å². The zero-order valence-electron chi connectivity index (χ0n) is 9.77. The monoisotopic (exact) mass is 270 g/mol. The van der Waals surface area contributed by atoms with Gasteiger partial charge in [0.05, 0.1) is 5.69 Å². The topological polar surface area (TPSA) is 66.2 Å². The molecular formula is C11H9F3N4O. The summed E-state index contributed by atoms with van der Waals surface area (Å²) in [6, 6.07) is 4.91. The quantitative estimate of drug-likeness (QED) is 0.824. The number of azo groups is 1. The molecule has 0 fully saturated rings. The van der Waals surface area contributed by atoms with Crippen LogP contribution in [0.4, 0.5) is 18.9 Å². The molecule has 1 aliphatic rings. The van der Waals surface area contributed by atoms with Crippen LogP contribution < -0.4 is 5.43 Å². The summed E-state index contributed by atoms with van der Waals surface area (Å²) in [7, 11) is 0. The van der Waals surface area contributed by atoms with E-state index in [2.05, 4.69) is 15.3 Å². The van der Waals surface area contributed by atoms with Crippen LogP contribution in [0.1, 0.15) is 5.56 Å². The maximum absolute atomic E-state index is 12.5. The van der Waals surface area contributed by atoms with Crippen molar-refractivity contribution in [2.75, 3.05) is 0 Å². The van der Waals surface area contributed by atoms with E-state index in [0.717, 1.165) is 5.56 Å². The number of hydrogen-bond donors (Lipinski definition) is 1. The Morgan fingerprint density at radius 3 is 2.47 bits per heavy atom. The lowest BCUT2D eigenvalue weighted by molar-refractivity contribution is -0.120. The maximum Gasteiger partial charge on any atom is 0.433 e. The van der Waals surface area contributed by atoms with Gasteiger partial charge < -0.3 is 0 Å². The number of nitrogens with one attached hydrogen (secondary N) is 1. The van der Waals surface area contributed by atoms with Crippen molar-refractivity contribution in [1.29, 1.82) is 0 Å². The van der Waals surface area contributed by atoms with Crippen molar-refractivity contribution in [2.45, 2.75) is 19.1 Å². The zero-order chi connectivity index (χ0) is 14.0. The van der Waals surface area contributed by atoms with Crippen LogP contribution >= 0.6 is 0 Å². The Balaban J connectivity index is 2.19. The van der Waals surface area contributed by atoms with Crippen LogP contribution in [0.25, 0.3) is 0 Å². The number of benzene rings is 1. The summed E-state index contributed by atoms with van der Waals surface area (Å²) in [5, 5.41) is 9.98. The molecule has 19 heavy (non-hydrogen) atoms. The number of hydrazone groups is 1. The molecular weight excluding hydrogens is 261 g/mol. The number of carbonyl (C=O) groups is 1. The molecule has 1 atom stereocenters. The molecule has 1 aromatic rings. The van der Waals surface area contributed by atoms with Crippen molar-refractivity contribution in [3.8, 4) is 0 Å². The van der Waals surface area contributed by atoms with Crippen LogP contribution in [0.3, 0.4) is 0 Å². The van der Waals surface area contributed by atoms with Crippen molar-refractivity contribution in [1.82, 2.24) is 5.43 Å². The first-order chi connectivity index (χ1) is 8.88. The van der Waals surface area contributed by atoms with Gasteiger partial charge in [0, 0.05) is 0 Å². The van der Waals surface area contributed by atoms with Gasteiger partial charge in [0.1, 0.15) is 0 Å². The van der Waals surface area contributed by atoms with Crippen LogP contribution in [0, 0.1) is 6.92 Å². The van der Waals surface area contributed by atoms with Gasteiger partial charge in [0.15, 0.2) is 11.8 Å². The highest BCUT2D eigenvalue weighted by Gasteiger charge is 2.47. The molecule has 1 aliphatic heterocycles. The number of amides is 1. The smallest absolute Gasteiger partial charge is 0.270 e. The average molecular weight is 270 g/mol. The van der Waals surface area contributed by atoms with Crippen LogP contribution in [0.2, 0.25) is 0 Å². The molecule has 0 aliphatic carbocycles. The van der Waals surface area contributed by atoms with E-state index in [4.69, 9.17) is 0 Å². The molecule has 0 bridgehead atoms. The third kappa shape index (κ3) is 2.95. The lowest BCUT2D eigenvalue weighted by Crippen LogP contribution is -2.35. The fourth-order valence-electron chi connectivity index (χ4n) is 1.42. The maximum atomic E-state index is 12.5. The highest BCUT2D eigenvalue weighted by atomic mass is 19.4. The molecule has 0 saturated carbocycles. The second kappa shape index (κ2) is 4.79. The number of hydrogen-bond acceptors (Lipinski definition) is 4. The highest BCUT2D eigenvalue weighted by Crippen LogP contribution is 2.24. The van der Waals surface area contributed by atoms with Gasteiger partial charge in [-0.2, -0.15) is 28.5 Å². The first kappa shape index (κ1) is 13.2. The molecule has 1 heterocycles. The third-order valence-corrected chi connectivity index (χ3v) is 2.41. The van der Waals surface area contributed by atoms with Crippen molar-refractivity contribution < 1.29 is 18.0 Å². The van der Waals surface area contributed by atoms with Crippen LogP contribution in [0.15, 0.2) is 39.6 Å². The molecule has 0 saturated heterocycles. The number of carbonyl (C=O) groups excluding carboxylic acids is 1. The Morgan fingerprint density at radius 2 is 1.89 bits per heavy atom. The molecule has 2 rings (SSSR count). The molecule has 1 N–H and O–H groups in total. The van der Waals surface area contributed by atoms with Gasteiger partial charge in [-0.25, -0.2) is 5.43 Å². The van der Waals surface area contributed by atoms with Crippen molar-refractivity contribution in [3.05, 3.63) is 29.8 Å². The summed E-state index contributed by atoms with van der Waals surface area (Å²) in [5.74, 6) is -0.941. The van der Waals surface area contributed by atoms with E-state index < -0.39 is 23.8 Å². The summed E-state index contributed by atoms with van der Waals surface area (Å²) < 4.78 is 37.6. The highest BCUT2D eigenvalue weighted by molar-refractivity contribution is 6.14. The predicted octanol–water partition coefficient (Wildman–Crippen LogP) is 2.50. The van der Waals surface area contributed by atoms with Crippen molar-refractivity contribution >= 4 is 17.3 Å². The van der Waals surface area contributed by atoms with Crippen LogP contribution in [-0.4, -0.2) is 23.8 Å². The Morgan fingerprint density at radius 1 is 1.26 bits per heavy atom. The molecule has 0 spiro atoms. The Hall–Kier alpha value is -2.25. The molecule has 1 amide bonds.